The number of aliphatic carboxylic acids is 1. The maximum absolute atomic E-state index is 11.7. The summed E-state index contributed by atoms with van der Waals surface area (Å²) < 4.78 is 0. The molecule has 1 saturated carbocycles. The number of carbonyl (C=O) groups is 1. The minimum absolute atomic E-state index is 0.311. The van der Waals surface area contributed by atoms with Gasteiger partial charge < -0.3 is 5.11 Å². The fourth-order valence-corrected chi connectivity index (χ4v) is 3.94. The Morgan fingerprint density at radius 2 is 1.75 bits per heavy atom. The average molecular weight is 292 g/mol. The number of hydrogen-bond acceptors (Lipinski definition) is 2. The first kappa shape index (κ1) is 15.4. The molecule has 0 heterocycles. The lowest BCUT2D eigenvalue weighted by Crippen LogP contribution is -2.38. The van der Waals surface area contributed by atoms with Gasteiger partial charge in [-0.05, 0) is 55.4 Å². The molecule has 0 aromatic heterocycles. The Balaban J connectivity index is 1.92. The highest BCUT2D eigenvalue weighted by Crippen LogP contribution is 2.47. The first-order valence-electron chi connectivity index (χ1n) is 7.35. The third-order valence-electron chi connectivity index (χ3n) is 4.61. The molecule has 1 aliphatic carbocycles. The molecule has 1 fully saturated rings. The van der Waals surface area contributed by atoms with E-state index in [1.165, 1.54) is 4.90 Å². The van der Waals surface area contributed by atoms with Gasteiger partial charge in [0, 0.05) is 4.90 Å². The highest BCUT2D eigenvalue weighted by Gasteiger charge is 2.43. The van der Waals surface area contributed by atoms with Crippen molar-refractivity contribution in [3.63, 3.8) is 0 Å². The summed E-state index contributed by atoms with van der Waals surface area (Å²) >= 11 is 1.77. The van der Waals surface area contributed by atoms with Crippen LogP contribution < -0.4 is 0 Å². The quantitative estimate of drug-likeness (QED) is 0.789. The zero-order chi connectivity index (χ0) is 14.6. The maximum atomic E-state index is 11.7. The van der Waals surface area contributed by atoms with Crippen LogP contribution in [0.2, 0.25) is 0 Å². The topological polar surface area (TPSA) is 37.3 Å². The van der Waals surface area contributed by atoms with Crippen LogP contribution in [0.15, 0.2) is 35.2 Å². The lowest BCUT2D eigenvalue weighted by Gasteiger charge is -2.40. The van der Waals surface area contributed by atoms with E-state index in [-0.39, 0.29) is 0 Å². The van der Waals surface area contributed by atoms with Crippen LogP contribution in [0.1, 0.15) is 46.0 Å². The molecule has 2 rings (SSSR count). The lowest BCUT2D eigenvalue weighted by molar-refractivity contribution is -0.152. The summed E-state index contributed by atoms with van der Waals surface area (Å²) in [5.41, 5.74) is -0.178. The number of thioether (sulfide) groups is 1. The number of carboxylic acid groups (broad SMARTS) is 1. The molecule has 0 bridgehead atoms. The Morgan fingerprint density at radius 3 is 2.30 bits per heavy atom. The van der Waals surface area contributed by atoms with E-state index in [1.807, 2.05) is 18.2 Å². The minimum Gasteiger partial charge on any atom is -0.481 e. The summed E-state index contributed by atoms with van der Waals surface area (Å²) in [6.07, 6.45) is 4.47. The predicted molar refractivity (Wildman–Crippen MR) is 84.1 cm³/mol. The van der Waals surface area contributed by atoms with Crippen molar-refractivity contribution < 1.29 is 9.90 Å². The minimum atomic E-state index is -0.596. The fraction of sp³-hybridized carbons (Fsp3) is 0.588. The van der Waals surface area contributed by atoms with E-state index in [1.54, 1.807) is 11.8 Å². The molecule has 0 radical (unpaired) electrons. The zero-order valence-electron chi connectivity index (χ0n) is 12.4. The van der Waals surface area contributed by atoms with E-state index >= 15 is 0 Å². The standard InChI is InChI=1S/C17H24O2S/c1-16(2)8-10-17(11-9-16,15(18)19)12-13-20-14-6-4-3-5-7-14/h3-7H,8-13H2,1-2H3,(H,18,19). The van der Waals surface area contributed by atoms with Crippen molar-refractivity contribution in [2.75, 3.05) is 5.75 Å². The van der Waals surface area contributed by atoms with Crippen molar-refractivity contribution in [2.24, 2.45) is 10.8 Å². The van der Waals surface area contributed by atoms with Gasteiger partial charge in [-0.1, -0.05) is 32.0 Å². The molecule has 3 heteroatoms. The number of hydrogen-bond donors (Lipinski definition) is 1. The van der Waals surface area contributed by atoms with E-state index in [0.29, 0.717) is 5.41 Å². The third kappa shape index (κ3) is 3.78. The van der Waals surface area contributed by atoms with Gasteiger partial charge in [0.15, 0.2) is 0 Å². The second kappa shape index (κ2) is 6.21. The maximum Gasteiger partial charge on any atom is 0.309 e. The van der Waals surface area contributed by atoms with Gasteiger partial charge in [0.05, 0.1) is 5.41 Å². The largest absolute Gasteiger partial charge is 0.481 e. The SMILES string of the molecule is CC1(C)CCC(CCSc2ccccc2)(C(=O)O)CC1. The summed E-state index contributed by atoms with van der Waals surface area (Å²) in [6, 6.07) is 10.2. The van der Waals surface area contributed by atoms with Crippen molar-refractivity contribution in [1.82, 2.24) is 0 Å². The van der Waals surface area contributed by atoms with E-state index in [9.17, 15) is 9.90 Å². The number of benzene rings is 1. The molecule has 0 unspecified atom stereocenters. The van der Waals surface area contributed by atoms with Crippen LogP contribution in [0, 0.1) is 10.8 Å². The molecule has 1 aliphatic rings. The molecule has 1 N–H and O–H groups in total. The first-order chi connectivity index (χ1) is 9.44. The fourth-order valence-electron chi connectivity index (χ4n) is 2.86. The Labute approximate surface area is 126 Å². The highest BCUT2D eigenvalue weighted by molar-refractivity contribution is 7.99. The van der Waals surface area contributed by atoms with E-state index in [2.05, 4.69) is 26.0 Å². The van der Waals surface area contributed by atoms with Crippen LogP contribution in [0.4, 0.5) is 0 Å². The second-order valence-electron chi connectivity index (χ2n) is 6.66. The molecular formula is C17H24O2S. The number of rotatable bonds is 5. The molecule has 0 saturated heterocycles. The van der Waals surface area contributed by atoms with Crippen LogP contribution in [0.3, 0.4) is 0 Å². The molecule has 0 amide bonds. The van der Waals surface area contributed by atoms with Crippen LogP contribution in [0.5, 0.6) is 0 Å². The van der Waals surface area contributed by atoms with Crippen LogP contribution in [-0.4, -0.2) is 16.8 Å². The third-order valence-corrected chi connectivity index (χ3v) is 5.62. The first-order valence-corrected chi connectivity index (χ1v) is 8.33. The average Bonchev–Trinajstić information content (AvgIpc) is 2.42. The molecule has 110 valence electrons. The molecule has 20 heavy (non-hydrogen) atoms. The molecule has 1 aromatic carbocycles. The molecule has 1 aromatic rings. The molecule has 0 atom stereocenters. The van der Waals surface area contributed by atoms with Gasteiger partial charge in [0.2, 0.25) is 0 Å². The van der Waals surface area contributed by atoms with Crippen molar-refractivity contribution >= 4 is 17.7 Å². The zero-order valence-corrected chi connectivity index (χ0v) is 13.2. The second-order valence-corrected chi connectivity index (χ2v) is 7.83. The molecule has 2 nitrogen and oxygen atoms in total. The summed E-state index contributed by atoms with van der Waals surface area (Å²) in [6.45, 7) is 4.50. The normalized spacial score (nSPS) is 20.5. The Bertz CT molecular complexity index is 443. The smallest absolute Gasteiger partial charge is 0.309 e. The van der Waals surface area contributed by atoms with E-state index in [0.717, 1.165) is 37.9 Å². The molecule has 0 spiro atoms. The Kier molecular flexibility index (Phi) is 4.79. The Hall–Kier alpha value is -0.960. The summed E-state index contributed by atoms with van der Waals surface area (Å²) in [4.78, 5) is 12.9. The van der Waals surface area contributed by atoms with Gasteiger partial charge in [-0.15, -0.1) is 11.8 Å². The van der Waals surface area contributed by atoms with Gasteiger partial charge >= 0.3 is 5.97 Å². The van der Waals surface area contributed by atoms with Crippen LogP contribution >= 0.6 is 11.8 Å². The van der Waals surface area contributed by atoms with Crippen LogP contribution in [-0.2, 0) is 4.79 Å². The highest BCUT2D eigenvalue weighted by atomic mass is 32.2. The van der Waals surface area contributed by atoms with Gasteiger partial charge in [-0.3, -0.25) is 4.79 Å². The van der Waals surface area contributed by atoms with Crippen molar-refractivity contribution in [2.45, 2.75) is 50.8 Å². The van der Waals surface area contributed by atoms with Gasteiger partial charge in [-0.2, -0.15) is 0 Å². The molecule has 0 aliphatic heterocycles. The summed E-state index contributed by atoms with van der Waals surface area (Å²) in [7, 11) is 0. The van der Waals surface area contributed by atoms with E-state index < -0.39 is 11.4 Å². The van der Waals surface area contributed by atoms with Crippen LogP contribution in [0.25, 0.3) is 0 Å². The van der Waals surface area contributed by atoms with Gasteiger partial charge in [0.1, 0.15) is 0 Å². The summed E-state index contributed by atoms with van der Waals surface area (Å²) in [5.74, 6) is 0.290. The number of carboxylic acids is 1. The van der Waals surface area contributed by atoms with Crippen molar-refractivity contribution in [3.05, 3.63) is 30.3 Å². The monoisotopic (exact) mass is 292 g/mol. The van der Waals surface area contributed by atoms with Gasteiger partial charge in [0.25, 0.3) is 0 Å². The van der Waals surface area contributed by atoms with Gasteiger partial charge in [-0.25, -0.2) is 0 Å². The lowest BCUT2D eigenvalue weighted by atomic mass is 9.64. The summed E-state index contributed by atoms with van der Waals surface area (Å²) in [5, 5.41) is 9.65. The van der Waals surface area contributed by atoms with Crippen molar-refractivity contribution in [3.8, 4) is 0 Å². The predicted octanol–water partition coefficient (Wildman–Crippen LogP) is 4.84. The Morgan fingerprint density at radius 1 is 1.15 bits per heavy atom. The van der Waals surface area contributed by atoms with E-state index in [4.69, 9.17) is 0 Å². The molecular weight excluding hydrogens is 268 g/mol. The van der Waals surface area contributed by atoms with Crippen molar-refractivity contribution in [1.29, 1.82) is 0 Å².